The fourth-order valence-electron chi connectivity index (χ4n) is 1.81. The third-order valence-electron chi connectivity index (χ3n) is 2.81. The van der Waals surface area contributed by atoms with Crippen LogP contribution in [0.1, 0.15) is 13.3 Å². The smallest absolute Gasteiger partial charge is 0.242 e. The number of nitrogens with one attached hydrogen (secondary N) is 1. The highest BCUT2D eigenvalue weighted by Gasteiger charge is 2.29. The Labute approximate surface area is 110 Å². The van der Waals surface area contributed by atoms with Crippen LogP contribution in [0.3, 0.4) is 0 Å². The van der Waals surface area contributed by atoms with E-state index >= 15 is 0 Å². The number of sulfonamides is 1. The van der Waals surface area contributed by atoms with Crippen molar-refractivity contribution in [3.63, 3.8) is 0 Å². The standard InChI is InChI=1S/C11H14BrNO3S/c1-8-10(6-7-16-8)13-17(14,15)11-5-3-2-4-9(11)12/h2-5,8,10,13H,6-7H2,1H3. The van der Waals surface area contributed by atoms with E-state index in [9.17, 15) is 8.42 Å². The van der Waals surface area contributed by atoms with Gasteiger partial charge in [-0.25, -0.2) is 13.1 Å². The minimum absolute atomic E-state index is 0.0766. The van der Waals surface area contributed by atoms with E-state index in [-0.39, 0.29) is 17.0 Å². The first kappa shape index (κ1) is 13.0. The Morgan fingerprint density at radius 1 is 1.41 bits per heavy atom. The first-order valence-corrected chi connectivity index (χ1v) is 7.67. The minimum atomic E-state index is -3.48. The summed E-state index contributed by atoms with van der Waals surface area (Å²) < 4.78 is 32.9. The van der Waals surface area contributed by atoms with Crippen LogP contribution in [0.25, 0.3) is 0 Å². The third-order valence-corrected chi connectivity index (χ3v) is 5.31. The molecule has 1 heterocycles. The molecule has 4 nitrogen and oxygen atoms in total. The molecule has 0 saturated carbocycles. The molecular weight excluding hydrogens is 306 g/mol. The summed E-state index contributed by atoms with van der Waals surface area (Å²) in [6.45, 7) is 2.48. The topological polar surface area (TPSA) is 55.4 Å². The number of hydrogen-bond acceptors (Lipinski definition) is 3. The average Bonchev–Trinajstić information content (AvgIpc) is 2.64. The largest absolute Gasteiger partial charge is 0.377 e. The van der Waals surface area contributed by atoms with Gasteiger partial charge in [-0.2, -0.15) is 0 Å². The molecule has 0 amide bonds. The van der Waals surface area contributed by atoms with Crippen molar-refractivity contribution in [2.45, 2.75) is 30.4 Å². The van der Waals surface area contributed by atoms with Gasteiger partial charge in [-0.15, -0.1) is 0 Å². The van der Waals surface area contributed by atoms with Crippen LogP contribution in [0.2, 0.25) is 0 Å². The molecule has 0 spiro atoms. The average molecular weight is 320 g/mol. The number of hydrogen-bond donors (Lipinski definition) is 1. The fourth-order valence-corrected chi connectivity index (χ4v) is 4.15. The van der Waals surface area contributed by atoms with Crippen LogP contribution in [0, 0.1) is 0 Å². The summed E-state index contributed by atoms with van der Waals surface area (Å²) >= 11 is 3.25. The lowest BCUT2D eigenvalue weighted by atomic mass is 10.2. The van der Waals surface area contributed by atoms with Crippen molar-refractivity contribution in [3.8, 4) is 0 Å². The van der Waals surface area contributed by atoms with Crippen molar-refractivity contribution in [2.24, 2.45) is 0 Å². The molecule has 0 radical (unpaired) electrons. The summed E-state index contributed by atoms with van der Waals surface area (Å²) in [6.07, 6.45) is 0.637. The second kappa shape index (κ2) is 5.06. The van der Waals surface area contributed by atoms with Crippen molar-refractivity contribution in [1.29, 1.82) is 0 Å². The van der Waals surface area contributed by atoms with Crippen molar-refractivity contribution in [2.75, 3.05) is 6.61 Å². The molecule has 2 unspecified atom stereocenters. The molecule has 1 saturated heterocycles. The van der Waals surface area contributed by atoms with Gasteiger partial charge in [0.2, 0.25) is 10.0 Å². The Morgan fingerprint density at radius 3 is 2.71 bits per heavy atom. The Hall–Kier alpha value is -0.430. The maximum atomic E-state index is 12.2. The van der Waals surface area contributed by atoms with Crippen molar-refractivity contribution in [1.82, 2.24) is 4.72 Å². The summed E-state index contributed by atoms with van der Waals surface area (Å²) in [7, 11) is -3.48. The lowest BCUT2D eigenvalue weighted by Gasteiger charge is -2.16. The van der Waals surface area contributed by atoms with Gasteiger partial charge in [0, 0.05) is 11.1 Å². The van der Waals surface area contributed by atoms with E-state index < -0.39 is 10.0 Å². The molecule has 17 heavy (non-hydrogen) atoms. The van der Waals surface area contributed by atoms with Crippen LogP contribution in [0.15, 0.2) is 33.6 Å². The molecule has 1 aliphatic rings. The van der Waals surface area contributed by atoms with Crippen LogP contribution >= 0.6 is 15.9 Å². The normalized spacial score (nSPS) is 25.1. The molecule has 1 fully saturated rings. The minimum Gasteiger partial charge on any atom is -0.377 e. The van der Waals surface area contributed by atoms with E-state index in [0.29, 0.717) is 17.5 Å². The maximum absolute atomic E-state index is 12.2. The lowest BCUT2D eigenvalue weighted by Crippen LogP contribution is -2.39. The van der Waals surface area contributed by atoms with E-state index in [0.717, 1.165) is 0 Å². The van der Waals surface area contributed by atoms with Crippen molar-refractivity contribution >= 4 is 26.0 Å². The Balaban J connectivity index is 2.22. The van der Waals surface area contributed by atoms with Gasteiger partial charge < -0.3 is 4.74 Å². The number of ether oxygens (including phenoxy) is 1. The van der Waals surface area contributed by atoms with Crippen molar-refractivity contribution < 1.29 is 13.2 Å². The van der Waals surface area contributed by atoms with Crippen LogP contribution in [-0.4, -0.2) is 27.2 Å². The second-order valence-electron chi connectivity index (χ2n) is 4.02. The highest BCUT2D eigenvalue weighted by Crippen LogP contribution is 2.23. The van der Waals surface area contributed by atoms with Gasteiger partial charge >= 0.3 is 0 Å². The monoisotopic (exact) mass is 319 g/mol. The van der Waals surface area contributed by atoms with Crippen LogP contribution < -0.4 is 4.72 Å². The molecule has 6 heteroatoms. The SMILES string of the molecule is CC1OCCC1NS(=O)(=O)c1ccccc1Br. The van der Waals surface area contributed by atoms with Gasteiger partial charge in [0.05, 0.1) is 17.0 Å². The molecule has 1 N–H and O–H groups in total. The second-order valence-corrected chi connectivity index (χ2v) is 6.56. The summed E-state index contributed by atoms with van der Waals surface area (Å²) in [6, 6.07) is 6.63. The summed E-state index contributed by atoms with van der Waals surface area (Å²) in [5.74, 6) is 0. The van der Waals surface area contributed by atoms with E-state index in [2.05, 4.69) is 20.7 Å². The first-order valence-electron chi connectivity index (χ1n) is 5.39. The molecular formula is C11H14BrNO3S. The summed E-state index contributed by atoms with van der Waals surface area (Å²) in [5, 5.41) is 0. The number of benzene rings is 1. The quantitative estimate of drug-likeness (QED) is 0.925. The van der Waals surface area contributed by atoms with Gasteiger partial charge in [-0.3, -0.25) is 0 Å². The molecule has 0 aromatic heterocycles. The molecule has 2 rings (SSSR count). The fraction of sp³-hybridized carbons (Fsp3) is 0.455. The van der Waals surface area contributed by atoms with Gasteiger partial charge in [0.25, 0.3) is 0 Å². The van der Waals surface area contributed by atoms with Crippen LogP contribution in [0.5, 0.6) is 0 Å². The highest BCUT2D eigenvalue weighted by atomic mass is 79.9. The van der Waals surface area contributed by atoms with E-state index in [1.165, 1.54) is 0 Å². The van der Waals surface area contributed by atoms with Gasteiger partial charge in [0.1, 0.15) is 0 Å². The molecule has 0 bridgehead atoms. The van der Waals surface area contributed by atoms with E-state index in [1.807, 2.05) is 6.92 Å². The lowest BCUT2D eigenvalue weighted by molar-refractivity contribution is 0.117. The molecule has 1 aromatic carbocycles. The zero-order valence-corrected chi connectivity index (χ0v) is 11.8. The van der Waals surface area contributed by atoms with Crippen LogP contribution in [-0.2, 0) is 14.8 Å². The highest BCUT2D eigenvalue weighted by molar-refractivity contribution is 9.10. The predicted octanol–water partition coefficient (Wildman–Crippen LogP) is 1.90. The molecule has 94 valence electrons. The molecule has 1 aliphatic heterocycles. The Bertz CT molecular complexity index is 503. The number of halogens is 1. The third kappa shape index (κ3) is 2.88. The maximum Gasteiger partial charge on any atom is 0.242 e. The zero-order valence-electron chi connectivity index (χ0n) is 9.39. The summed E-state index contributed by atoms with van der Waals surface area (Å²) in [4.78, 5) is 0.263. The van der Waals surface area contributed by atoms with Gasteiger partial charge in [-0.1, -0.05) is 12.1 Å². The summed E-state index contributed by atoms with van der Waals surface area (Å²) in [5.41, 5.74) is 0. The van der Waals surface area contributed by atoms with Gasteiger partial charge in [-0.05, 0) is 41.4 Å². The Morgan fingerprint density at radius 2 is 2.12 bits per heavy atom. The number of rotatable bonds is 3. The first-order chi connectivity index (χ1) is 8.00. The van der Waals surface area contributed by atoms with Crippen molar-refractivity contribution in [3.05, 3.63) is 28.7 Å². The zero-order chi connectivity index (χ0) is 12.5. The molecule has 0 aliphatic carbocycles. The predicted molar refractivity (Wildman–Crippen MR) is 68.3 cm³/mol. The molecule has 2 atom stereocenters. The van der Waals surface area contributed by atoms with Gasteiger partial charge in [0.15, 0.2) is 0 Å². The Kier molecular flexibility index (Phi) is 3.87. The van der Waals surface area contributed by atoms with E-state index in [4.69, 9.17) is 4.74 Å². The molecule has 1 aromatic rings. The van der Waals surface area contributed by atoms with E-state index in [1.54, 1.807) is 24.3 Å². The van der Waals surface area contributed by atoms with Crippen LogP contribution in [0.4, 0.5) is 0 Å².